The molecule has 9 heteroatoms. The highest BCUT2D eigenvalue weighted by molar-refractivity contribution is 7.98. The van der Waals surface area contributed by atoms with E-state index >= 15 is 0 Å². The second kappa shape index (κ2) is 7.98. The van der Waals surface area contributed by atoms with Gasteiger partial charge in [0.25, 0.3) is 0 Å². The molecule has 0 bridgehead atoms. The van der Waals surface area contributed by atoms with Crippen LogP contribution < -0.4 is 0 Å². The van der Waals surface area contributed by atoms with E-state index in [0.29, 0.717) is 23.0 Å². The van der Waals surface area contributed by atoms with Crippen LogP contribution in [0.25, 0.3) is 17.2 Å². The fourth-order valence-electron chi connectivity index (χ4n) is 3.69. The van der Waals surface area contributed by atoms with Crippen molar-refractivity contribution in [3.05, 3.63) is 65.3 Å². The molecule has 30 heavy (non-hydrogen) atoms. The van der Waals surface area contributed by atoms with Crippen LogP contribution in [-0.2, 0) is 18.6 Å². The molecule has 0 unspecified atom stereocenters. The summed E-state index contributed by atoms with van der Waals surface area (Å²) in [6.45, 7) is 2.06. The maximum Gasteiger partial charge on any atom is 0.237 e. The van der Waals surface area contributed by atoms with Gasteiger partial charge in [-0.05, 0) is 50.3 Å². The largest absolute Gasteiger partial charge is 0.338 e. The van der Waals surface area contributed by atoms with Gasteiger partial charge in [0.1, 0.15) is 17.2 Å². The summed E-state index contributed by atoms with van der Waals surface area (Å²) in [4.78, 5) is 13.1. The van der Waals surface area contributed by atoms with E-state index in [4.69, 9.17) is 9.62 Å². The highest BCUT2D eigenvalue weighted by Gasteiger charge is 2.20. The first-order chi connectivity index (χ1) is 14.7. The molecule has 1 aliphatic carbocycles. The van der Waals surface area contributed by atoms with Crippen LogP contribution in [0, 0.1) is 12.7 Å². The minimum Gasteiger partial charge on any atom is -0.338 e. The molecule has 5 rings (SSSR count). The minimum atomic E-state index is -0.335. The molecule has 1 aliphatic rings. The average Bonchev–Trinajstić information content (AvgIpc) is 3.38. The molecular weight excluding hydrogens is 403 g/mol. The lowest BCUT2D eigenvalue weighted by molar-refractivity contribution is 0.391. The van der Waals surface area contributed by atoms with Crippen molar-refractivity contribution in [1.82, 2.24) is 29.9 Å². The Kier molecular flexibility index (Phi) is 5.04. The third kappa shape index (κ3) is 3.72. The number of halogens is 1. The Morgan fingerprint density at radius 3 is 2.97 bits per heavy atom. The second-order valence-electron chi connectivity index (χ2n) is 7.15. The Hall–Kier alpha value is -3.07. The van der Waals surface area contributed by atoms with Gasteiger partial charge in [0.2, 0.25) is 11.7 Å². The third-order valence-corrected chi connectivity index (χ3v) is 6.03. The molecule has 0 spiro atoms. The van der Waals surface area contributed by atoms with Crippen molar-refractivity contribution in [2.24, 2.45) is 0 Å². The maximum atomic E-state index is 13.4. The van der Waals surface area contributed by atoms with Crippen molar-refractivity contribution >= 4 is 11.8 Å². The second-order valence-corrected chi connectivity index (χ2v) is 8.15. The summed E-state index contributed by atoms with van der Waals surface area (Å²) in [5.41, 5.74) is 4.27. The predicted octanol–water partition coefficient (Wildman–Crippen LogP) is 4.33. The Morgan fingerprint density at radius 1 is 1.17 bits per heavy atom. The number of aromatic nitrogens is 6. The van der Waals surface area contributed by atoms with E-state index in [1.54, 1.807) is 18.5 Å². The van der Waals surface area contributed by atoms with Gasteiger partial charge in [-0.1, -0.05) is 29.1 Å². The molecule has 1 aromatic carbocycles. The minimum absolute atomic E-state index is 0.335. The molecule has 7 nitrogen and oxygen atoms in total. The molecule has 0 fully saturated rings. The zero-order valence-electron chi connectivity index (χ0n) is 16.4. The fraction of sp³-hybridized carbons (Fsp3) is 0.286. The number of thioether (sulfide) groups is 1. The van der Waals surface area contributed by atoms with Crippen molar-refractivity contribution in [3.63, 3.8) is 0 Å². The number of hydrogen-bond donors (Lipinski definition) is 0. The first kappa shape index (κ1) is 18.9. The Bertz CT molecular complexity index is 1200. The van der Waals surface area contributed by atoms with E-state index in [1.165, 1.54) is 48.0 Å². The fourth-order valence-corrected chi connectivity index (χ4v) is 4.39. The van der Waals surface area contributed by atoms with Crippen LogP contribution in [0.3, 0.4) is 0 Å². The molecule has 0 radical (unpaired) electrons. The molecule has 3 heterocycles. The first-order valence-electron chi connectivity index (χ1n) is 9.78. The highest BCUT2D eigenvalue weighted by atomic mass is 32.2. The standard InChI is InChI=1S/C21H19FN6OS/c1-13-16-7-2-3-8-17(16)28(26-13)18-10-20(24-12-23-18)30-11-19-25-21(27-29-19)14-5-4-6-15(22)9-14/h4-6,9-10,12H,2-3,7-8,11H2,1H3. The molecule has 4 aromatic rings. The van der Waals surface area contributed by atoms with E-state index in [0.717, 1.165) is 29.4 Å². The molecule has 0 amide bonds. The number of rotatable bonds is 5. The lowest BCUT2D eigenvalue weighted by atomic mass is 9.96. The molecule has 0 saturated carbocycles. The van der Waals surface area contributed by atoms with Crippen molar-refractivity contribution < 1.29 is 8.91 Å². The number of fused-ring (bicyclic) bond motifs is 1. The summed E-state index contributed by atoms with van der Waals surface area (Å²) in [5.74, 6) is 1.70. The van der Waals surface area contributed by atoms with Crippen LogP contribution in [0.2, 0.25) is 0 Å². The smallest absolute Gasteiger partial charge is 0.237 e. The predicted molar refractivity (Wildman–Crippen MR) is 110 cm³/mol. The summed E-state index contributed by atoms with van der Waals surface area (Å²) < 4.78 is 20.7. The summed E-state index contributed by atoms with van der Waals surface area (Å²) in [5, 5.41) is 9.45. The van der Waals surface area contributed by atoms with Crippen LogP contribution in [0.4, 0.5) is 4.39 Å². The monoisotopic (exact) mass is 422 g/mol. The zero-order valence-corrected chi connectivity index (χ0v) is 17.2. The number of nitrogens with zero attached hydrogens (tertiary/aromatic N) is 6. The average molecular weight is 422 g/mol. The van der Waals surface area contributed by atoms with Crippen molar-refractivity contribution in [2.75, 3.05) is 0 Å². The number of aryl methyl sites for hydroxylation is 1. The van der Waals surface area contributed by atoms with Gasteiger partial charge in [-0.25, -0.2) is 19.0 Å². The quantitative estimate of drug-likeness (QED) is 0.350. The van der Waals surface area contributed by atoms with Gasteiger partial charge in [-0.2, -0.15) is 10.1 Å². The van der Waals surface area contributed by atoms with Crippen molar-refractivity contribution in [1.29, 1.82) is 0 Å². The van der Waals surface area contributed by atoms with Crippen molar-refractivity contribution in [2.45, 2.75) is 43.4 Å². The summed E-state index contributed by atoms with van der Waals surface area (Å²) in [7, 11) is 0. The van der Waals surface area contributed by atoms with Crippen LogP contribution in [0.5, 0.6) is 0 Å². The Morgan fingerprint density at radius 2 is 2.07 bits per heavy atom. The van der Waals surface area contributed by atoms with E-state index in [9.17, 15) is 4.39 Å². The normalized spacial score (nSPS) is 13.4. The van der Waals surface area contributed by atoms with Crippen LogP contribution >= 0.6 is 11.8 Å². The van der Waals surface area contributed by atoms with Gasteiger partial charge in [0.05, 0.1) is 11.4 Å². The summed E-state index contributed by atoms with van der Waals surface area (Å²) >= 11 is 1.48. The molecule has 0 N–H and O–H groups in total. The molecule has 3 aromatic heterocycles. The van der Waals surface area contributed by atoms with E-state index in [2.05, 4.69) is 27.0 Å². The van der Waals surface area contributed by atoms with E-state index in [1.807, 2.05) is 10.7 Å². The van der Waals surface area contributed by atoms with Gasteiger partial charge in [-0.3, -0.25) is 0 Å². The summed E-state index contributed by atoms with van der Waals surface area (Å²) in [6, 6.07) is 8.05. The highest BCUT2D eigenvalue weighted by Crippen LogP contribution is 2.28. The van der Waals surface area contributed by atoms with Gasteiger partial charge < -0.3 is 4.52 Å². The van der Waals surface area contributed by atoms with Gasteiger partial charge in [-0.15, -0.1) is 0 Å². The van der Waals surface area contributed by atoms with Gasteiger partial charge in [0.15, 0.2) is 5.82 Å². The lowest BCUT2D eigenvalue weighted by Crippen LogP contribution is -2.09. The molecule has 0 atom stereocenters. The molecular formula is C21H19FN6OS. The third-order valence-electron chi connectivity index (χ3n) is 5.12. The Balaban J connectivity index is 1.33. The topological polar surface area (TPSA) is 82.5 Å². The maximum absolute atomic E-state index is 13.4. The number of benzene rings is 1. The van der Waals surface area contributed by atoms with E-state index < -0.39 is 0 Å². The Labute approximate surface area is 176 Å². The SMILES string of the molecule is Cc1nn(-c2cc(SCc3nc(-c4cccc(F)c4)no3)ncn2)c2c1CCCC2. The van der Waals surface area contributed by atoms with Gasteiger partial charge >= 0.3 is 0 Å². The number of hydrogen-bond acceptors (Lipinski definition) is 7. The summed E-state index contributed by atoms with van der Waals surface area (Å²) in [6.07, 6.45) is 6.05. The molecule has 152 valence electrons. The van der Waals surface area contributed by atoms with Crippen LogP contribution in [-0.4, -0.2) is 29.9 Å². The molecule has 0 saturated heterocycles. The van der Waals surface area contributed by atoms with Crippen molar-refractivity contribution in [3.8, 4) is 17.2 Å². The van der Waals surface area contributed by atoms with Gasteiger partial charge in [0, 0.05) is 17.3 Å². The zero-order chi connectivity index (χ0) is 20.5. The van der Waals surface area contributed by atoms with E-state index in [-0.39, 0.29) is 5.82 Å². The molecule has 0 aliphatic heterocycles. The lowest BCUT2D eigenvalue weighted by Gasteiger charge is -2.13. The first-order valence-corrected chi connectivity index (χ1v) is 10.8. The van der Waals surface area contributed by atoms with Crippen LogP contribution in [0.15, 0.2) is 46.2 Å². The van der Waals surface area contributed by atoms with Crippen LogP contribution in [0.1, 0.15) is 35.7 Å².